The molecule has 78 valence electrons. The summed E-state index contributed by atoms with van der Waals surface area (Å²) < 4.78 is 1.87. The number of rotatable bonds is 4. The topological polar surface area (TPSA) is 60.7 Å². The van der Waals surface area contributed by atoms with Crippen molar-refractivity contribution in [2.75, 3.05) is 0 Å². The molecule has 0 aliphatic carbocycles. The van der Waals surface area contributed by atoms with Crippen LogP contribution in [0.4, 0.5) is 0 Å². The van der Waals surface area contributed by atoms with Crippen LogP contribution in [0.1, 0.15) is 12.8 Å². The van der Waals surface area contributed by atoms with Crippen molar-refractivity contribution in [2.45, 2.75) is 19.4 Å². The average molecular weight is 225 g/mol. The van der Waals surface area contributed by atoms with Crippen LogP contribution in [0.15, 0.2) is 12.7 Å². The monoisotopic (exact) mass is 224 g/mol. The number of aldehydes is 1. The van der Waals surface area contributed by atoms with Crippen LogP contribution in [-0.4, -0.2) is 25.8 Å². The summed E-state index contributed by atoms with van der Waals surface area (Å²) >= 11 is 5.85. The number of aromatic nitrogens is 4. The second-order valence-electron chi connectivity index (χ2n) is 3.08. The number of carbonyl (C=O) groups excluding carboxylic acids is 1. The number of hydrogen-bond donors (Lipinski definition) is 0. The third-order valence-corrected chi connectivity index (χ3v) is 2.35. The van der Waals surface area contributed by atoms with Gasteiger partial charge in [-0.2, -0.15) is 0 Å². The van der Waals surface area contributed by atoms with Gasteiger partial charge in [0.15, 0.2) is 10.8 Å². The van der Waals surface area contributed by atoms with Gasteiger partial charge in [0.1, 0.15) is 18.1 Å². The molecule has 0 bridgehead atoms. The molecule has 0 atom stereocenters. The van der Waals surface area contributed by atoms with Gasteiger partial charge in [0.05, 0.1) is 6.33 Å². The number of unbranched alkanes of at least 4 members (excludes halogenated alkanes) is 1. The maximum atomic E-state index is 10.2. The Morgan fingerprint density at radius 2 is 2.27 bits per heavy atom. The van der Waals surface area contributed by atoms with Crippen molar-refractivity contribution < 1.29 is 4.79 Å². The van der Waals surface area contributed by atoms with Gasteiger partial charge in [-0.1, -0.05) is 11.6 Å². The molecule has 0 unspecified atom stereocenters. The molecule has 0 aliphatic heterocycles. The van der Waals surface area contributed by atoms with Crippen LogP contribution in [0.5, 0.6) is 0 Å². The van der Waals surface area contributed by atoms with E-state index >= 15 is 0 Å². The Morgan fingerprint density at radius 3 is 3.07 bits per heavy atom. The maximum absolute atomic E-state index is 10.2. The van der Waals surface area contributed by atoms with Crippen LogP contribution < -0.4 is 0 Å². The fourth-order valence-electron chi connectivity index (χ4n) is 1.36. The van der Waals surface area contributed by atoms with Crippen LogP contribution in [0, 0.1) is 0 Å². The predicted octanol–water partition coefficient (Wildman–Crippen LogP) is 1.46. The molecule has 2 aromatic rings. The lowest BCUT2D eigenvalue weighted by molar-refractivity contribution is -0.107. The van der Waals surface area contributed by atoms with E-state index in [9.17, 15) is 4.79 Å². The van der Waals surface area contributed by atoms with E-state index in [2.05, 4.69) is 15.0 Å². The van der Waals surface area contributed by atoms with E-state index in [4.69, 9.17) is 11.6 Å². The molecule has 0 amide bonds. The van der Waals surface area contributed by atoms with Crippen LogP contribution in [0.25, 0.3) is 11.2 Å². The highest BCUT2D eigenvalue weighted by Gasteiger charge is 2.07. The molecule has 0 aliphatic rings. The number of nitrogens with zero attached hydrogens (tertiary/aromatic N) is 4. The lowest BCUT2D eigenvalue weighted by atomic mass is 10.3. The van der Waals surface area contributed by atoms with Gasteiger partial charge >= 0.3 is 0 Å². The highest BCUT2D eigenvalue weighted by atomic mass is 35.5. The van der Waals surface area contributed by atoms with Crippen molar-refractivity contribution in [3.05, 3.63) is 17.8 Å². The number of imidazole rings is 1. The molecule has 2 aromatic heterocycles. The van der Waals surface area contributed by atoms with E-state index in [1.54, 1.807) is 6.33 Å². The van der Waals surface area contributed by atoms with Crippen molar-refractivity contribution in [1.29, 1.82) is 0 Å². The van der Waals surface area contributed by atoms with E-state index in [1.165, 1.54) is 6.33 Å². The van der Waals surface area contributed by atoms with Gasteiger partial charge in [-0.15, -0.1) is 0 Å². The summed E-state index contributed by atoms with van der Waals surface area (Å²) in [5, 5.41) is 0.356. The summed E-state index contributed by atoms with van der Waals surface area (Å²) in [7, 11) is 0. The number of fused-ring (bicyclic) bond motifs is 1. The number of hydrogen-bond acceptors (Lipinski definition) is 4. The van der Waals surface area contributed by atoms with Gasteiger partial charge in [0.2, 0.25) is 0 Å². The van der Waals surface area contributed by atoms with Crippen LogP contribution in [-0.2, 0) is 11.3 Å². The van der Waals surface area contributed by atoms with Gasteiger partial charge in [-0.25, -0.2) is 15.0 Å². The molecule has 0 radical (unpaired) electrons. The summed E-state index contributed by atoms with van der Waals surface area (Å²) in [6.07, 6.45) is 5.29. The second kappa shape index (κ2) is 4.35. The largest absolute Gasteiger partial charge is 0.315 e. The highest BCUT2D eigenvalue weighted by Crippen LogP contribution is 2.17. The first-order valence-electron chi connectivity index (χ1n) is 4.58. The van der Waals surface area contributed by atoms with Crippen LogP contribution >= 0.6 is 11.6 Å². The van der Waals surface area contributed by atoms with Gasteiger partial charge in [-0.3, -0.25) is 0 Å². The van der Waals surface area contributed by atoms with E-state index < -0.39 is 0 Å². The zero-order chi connectivity index (χ0) is 10.7. The molecule has 0 N–H and O–H groups in total. The van der Waals surface area contributed by atoms with Gasteiger partial charge in [0, 0.05) is 13.0 Å². The minimum Gasteiger partial charge on any atom is -0.315 e. The Hall–Kier alpha value is -1.49. The molecule has 6 heteroatoms. The van der Waals surface area contributed by atoms with Gasteiger partial charge in [0.25, 0.3) is 0 Å². The third-order valence-electron chi connectivity index (χ3n) is 2.08. The van der Waals surface area contributed by atoms with E-state index in [1.807, 2.05) is 4.57 Å². The molecule has 2 rings (SSSR count). The summed E-state index contributed by atoms with van der Waals surface area (Å²) in [4.78, 5) is 22.2. The smallest absolute Gasteiger partial charge is 0.164 e. The molecule has 0 spiro atoms. The zero-order valence-electron chi connectivity index (χ0n) is 7.93. The standard InChI is InChI=1S/C9H9ClN4O/c10-8-7-9(12-5-11-8)14(6-13-7)3-1-2-4-15/h4-6H,1-3H2. The van der Waals surface area contributed by atoms with Crippen molar-refractivity contribution >= 4 is 29.1 Å². The molecule has 0 aromatic carbocycles. The number of halogens is 1. The predicted molar refractivity (Wildman–Crippen MR) is 55.6 cm³/mol. The molecular formula is C9H9ClN4O. The third kappa shape index (κ3) is 1.97. The minimum absolute atomic E-state index is 0.356. The lowest BCUT2D eigenvalue weighted by Crippen LogP contribution is -1.98. The summed E-state index contributed by atoms with van der Waals surface area (Å²) in [5.41, 5.74) is 1.31. The summed E-state index contributed by atoms with van der Waals surface area (Å²) in [6, 6.07) is 0. The Balaban J connectivity index is 2.28. The number of aryl methyl sites for hydroxylation is 1. The van der Waals surface area contributed by atoms with E-state index in [0.29, 0.717) is 29.3 Å². The number of carbonyl (C=O) groups is 1. The fourth-order valence-corrected chi connectivity index (χ4v) is 1.54. The van der Waals surface area contributed by atoms with Crippen LogP contribution in [0.2, 0.25) is 5.15 Å². The summed E-state index contributed by atoms with van der Waals surface area (Å²) in [5.74, 6) is 0. The maximum Gasteiger partial charge on any atom is 0.164 e. The Morgan fingerprint density at radius 1 is 1.40 bits per heavy atom. The molecule has 0 saturated heterocycles. The Kier molecular flexibility index (Phi) is 2.91. The first kappa shape index (κ1) is 10.0. The molecule has 0 saturated carbocycles. The fraction of sp³-hybridized carbons (Fsp3) is 0.333. The molecule has 5 nitrogen and oxygen atoms in total. The first-order chi connectivity index (χ1) is 7.33. The zero-order valence-corrected chi connectivity index (χ0v) is 8.68. The molecule has 2 heterocycles. The normalized spacial score (nSPS) is 10.7. The lowest BCUT2D eigenvalue weighted by Gasteiger charge is -2.00. The minimum atomic E-state index is 0.356. The Bertz CT molecular complexity index is 482. The SMILES string of the molecule is O=CCCCn1cnc2c(Cl)ncnc21. The second-order valence-corrected chi connectivity index (χ2v) is 3.44. The highest BCUT2D eigenvalue weighted by molar-refractivity contribution is 6.33. The molecule has 15 heavy (non-hydrogen) atoms. The van der Waals surface area contributed by atoms with Crippen molar-refractivity contribution in [3.8, 4) is 0 Å². The van der Waals surface area contributed by atoms with Crippen molar-refractivity contribution in [1.82, 2.24) is 19.5 Å². The molecule has 0 fully saturated rings. The molecular weight excluding hydrogens is 216 g/mol. The van der Waals surface area contributed by atoms with Crippen molar-refractivity contribution in [2.24, 2.45) is 0 Å². The van der Waals surface area contributed by atoms with Crippen LogP contribution in [0.3, 0.4) is 0 Å². The summed E-state index contributed by atoms with van der Waals surface area (Å²) in [6.45, 7) is 0.711. The van der Waals surface area contributed by atoms with Gasteiger partial charge < -0.3 is 9.36 Å². The van der Waals surface area contributed by atoms with Gasteiger partial charge in [-0.05, 0) is 6.42 Å². The quantitative estimate of drug-likeness (QED) is 0.448. The van der Waals surface area contributed by atoms with E-state index in [0.717, 1.165) is 12.7 Å². The first-order valence-corrected chi connectivity index (χ1v) is 4.95. The van der Waals surface area contributed by atoms with Crippen molar-refractivity contribution in [3.63, 3.8) is 0 Å². The Labute approximate surface area is 91.1 Å². The average Bonchev–Trinajstić information content (AvgIpc) is 2.64. The van der Waals surface area contributed by atoms with E-state index in [-0.39, 0.29) is 0 Å².